The molecule has 2 rings (SSSR count). The quantitative estimate of drug-likeness (QED) is 0.801. The van der Waals surface area contributed by atoms with Crippen LogP contribution in [0, 0.1) is 11.6 Å². The minimum Gasteiger partial charge on any atom is -0.331 e. The van der Waals surface area contributed by atoms with Gasteiger partial charge in [-0.2, -0.15) is 5.10 Å². The van der Waals surface area contributed by atoms with Crippen molar-refractivity contribution in [2.45, 2.75) is 19.9 Å². The summed E-state index contributed by atoms with van der Waals surface area (Å²) in [4.78, 5) is 23.0. The van der Waals surface area contributed by atoms with E-state index in [4.69, 9.17) is 0 Å². The number of carbonyl (C=O) groups is 2. The van der Waals surface area contributed by atoms with Gasteiger partial charge in [-0.15, -0.1) is 0 Å². The van der Waals surface area contributed by atoms with E-state index in [-0.39, 0.29) is 17.4 Å². The Kier molecular flexibility index (Phi) is 5.12. The summed E-state index contributed by atoms with van der Waals surface area (Å²) in [6.45, 7) is 2.93. The Morgan fingerprint density at radius 3 is 2.33 bits per heavy atom. The van der Waals surface area contributed by atoms with E-state index in [0.717, 1.165) is 11.6 Å². The number of amides is 3. The first-order valence-electron chi connectivity index (χ1n) is 7.09. The van der Waals surface area contributed by atoms with Gasteiger partial charge in [0, 0.05) is 31.8 Å². The van der Waals surface area contributed by atoms with E-state index in [1.54, 1.807) is 31.0 Å². The number of urea groups is 1. The van der Waals surface area contributed by atoms with Gasteiger partial charge in [0.15, 0.2) is 0 Å². The minimum absolute atomic E-state index is 0.223. The number of carbonyl (C=O) groups excluding carboxylic acids is 2. The van der Waals surface area contributed by atoms with E-state index in [0.29, 0.717) is 6.07 Å². The number of benzene rings is 1. The zero-order valence-corrected chi connectivity index (χ0v) is 13.4. The fourth-order valence-corrected chi connectivity index (χ4v) is 2.03. The normalized spacial score (nSPS) is 11.7. The van der Waals surface area contributed by atoms with E-state index in [9.17, 15) is 18.4 Å². The summed E-state index contributed by atoms with van der Waals surface area (Å²) in [5.74, 6) is -2.40. The predicted molar refractivity (Wildman–Crippen MR) is 84.4 cm³/mol. The molecular weight excluding hydrogens is 320 g/mol. The average molecular weight is 337 g/mol. The molecule has 0 aliphatic carbocycles. The summed E-state index contributed by atoms with van der Waals surface area (Å²) in [6.07, 6.45) is 3.33. The molecule has 0 radical (unpaired) electrons. The zero-order valence-electron chi connectivity index (χ0n) is 13.4. The second kappa shape index (κ2) is 7.07. The molecule has 3 amide bonds. The molecule has 1 aromatic heterocycles. The third-order valence-corrected chi connectivity index (χ3v) is 3.19. The molecule has 7 nitrogen and oxygen atoms in total. The van der Waals surface area contributed by atoms with Crippen LogP contribution in [0.3, 0.4) is 0 Å². The molecule has 1 unspecified atom stereocenters. The van der Waals surface area contributed by atoms with Gasteiger partial charge in [0.05, 0.1) is 23.6 Å². The average Bonchev–Trinajstić information content (AvgIpc) is 2.90. The van der Waals surface area contributed by atoms with Crippen LogP contribution in [-0.4, -0.2) is 21.7 Å². The van der Waals surface area contributed by atoms with Crippen molar-refractivity contribution in [1.82, 2.24) is 15.1 Å². The molecule has 0 aliphatic rings. The number of nitrogens with zero attached hydrogens (tertiary/aromatic N) is 2. The molecule has 9 heteroatoms. The van der Waals surface area contributed by atoms with Gasteiger partial charge in [-0.05, 0) is 13.0 Å². The second-order valence-corrected chi connectivity index (χ2v) is 5.26. The first-order valence-corrected chi connectivity index (χ1v) is 7.09. The number of halogens is 2. The summed E-state index contributed by atoms with van der Waals surface area (Å²) >= 11 is 0. The first-order chi connectivity index (χ1) is 11.3. The Hall–Kier alpha value is -2.97. The Balaban J connectivity index is 2.09. The van der Waals surface area contributed by atoms with Crippen LogP contribution in [0.4, 0.5) is 25.0 Å². The maximum atomic E-state index is 13.8. The van der Waals surface area contributed by atoms with Gasteiger partial charge < -0.3 is 16.0 Å². The molecule has 24 heavy (non-hydrogen) atoms. The number of hydrogen-bond acceptors (Lipinski definition) is 3. The van der Waals surface area contributed by atoms with E-state index in [1.165, 1.54) is 6.92 Å². The minimum atomic E-state index is -0.953. The smallest absolute Gasteiger partial charge is 0.319 e. The number of rotatable bonds is 4. The van der Waals surface area contributed by atoms with Gasteiger partial charge >= 0.3 is 6.03 Å². The first kappa shape index (κ1) is 17.4. The number of hydrogen-bond donors (Lipinski definition) is 3. The highest BCUT2D eigenvalue weighted by atomic mass is 19.1. The standard InChI is InChI=1S/C15H17F2N5O2/c1-8(10-6-18-22(3)7-10)19-15(24)21-14-5-13(20-9(2)23)11(16)4-12(14)17/h4-8H,1-3H3,(H,20,23)(H2,19,21,24). The topological polar surface area (TPSA) is 88.1 Å². The summed E-state index contributed by atoms with van der Waals surface area (Å²) in [7, 11) is 1.74. The molecule has 0 spiro atoms. The summed E-state index contributed by atoms with van der Waals surface area (Å²) in [6, 6.07) is 0.564. The van der Waals surface area contributed by atoms with Crippen LogP contribution >= 0.6 is 0 Å². The zero-order chi connectivity index (χ0) is 17.9. The van der Waals surface area contributed by atoms with E-state index >= 15 is 0 Å². The molecule has 128 valence electrons. The molecule has 2 aromatic rings. The van der Waals surface area contributed by atoms with Gasteiger partial charge in [-0.25, -0.2) is 13.6 Å². The lowest BCUT2D eigenvalue weighted by atomic mass is 10.2. The molecule has 0 saturated carbocycles. The van der Waals surface area contributed by atoms with Crippen molar-refractivity contribution in [3.63, 3.8) is 0 Å². The van der Waals surface area contributed by atoms with Gasteiger partial charge in [-0.3, -0.25) is 9.48 Å². The summed E-state index contributed by atoms with van der Waals surface area (Å²) in [5, 5.41) is 11.1. The molecule has 1 aromatic carbocycles. The lowest BCUT2D eigenvalue weighted by Gasteiger charge is -2.14. The Morgan fingerprint density at radius 1 is 1.17 bits per heavy atom. The van der Waals surface area contributed by atoms with E-state index < -0.39 is 23.6 Å². The maximum absolute atomic E-state index is 13.8. The third-order valence-electron chi connectivity index (χ3n) is 3.19. The molecule has 0 saturated heterocycles. The maximum Gasteiger partial charge on any atom is 0.319 e. The Labute approximate surface area is 137 Å². The molecule has 0 fully saturated rings. The molecule has 3 N–H and O–H groups in total. The van der Waals surface area contributed by atoms with Crippen LogP contribution in [0.5, 0.6) is 0 Å². The molecule has 1 atom stereocenters. The lowest BCUT2D eigenvalue weighted by molar-refractivity contribution is -0.114. The highest BCUT2D eigenvalue weighted by molar-refractivity contribution is 5.93. The van der Waals surface area contributed by atoms with E-state index in [2.05, 4.69) is 21.0 Å². The highest BCUT2D eigenvalue weighted by Crippen LogP contribution is 2.23. The second-order valence-electron chi connectivity index (χ2n) is 5.26. The highest BCUT2D eigenvalue weighted by Gasteiger charge is 2.15. The summed E-state index contributed by atoms with van der Waals surface area (Å²) in [5.41, 5.74) is 0.293. The molecule has 1 heterocycles. The SMILES string of the molecule is CC(=O)Nc1cc(NC(=O)NC(C)c2cnn(C)c2)c(F)cc1F. The van der Waals surface area contributed by atoms with Crippen LogP contribution in [0.25, 0.3) is 0 Å². The molecular formula is C15H17F2N5O2. The number of nitrogens with one attached hydrogen (secondary N) is 3. The number of anilines is 2. The van der Waals surface area contributed by atoms with Crippen molar-refractivity contribution in [3.05, 3.63) is 41.7 Å². The number of aromatic nitrogens is 2. The van der Waals surface area contributed by atoms with Crippen LogP contribution in [-0.2, 0) is 11.8 Å². The van der Waals surface area contributed by atoms with Crippen molar-refractivity contribution in [2.24, 2.45) is 7.05 Å². The fourth-order valence-electron chi connectivity index (χ4n) is 2.03. The van der Waals surface area contributed by atoms with Crippen LogP contribution in [0.2, 0.25) is 0 Å². The van der Waals surface area contributed by atoms with Gasteiger partial charge in [0.2, 0.25) is 5.91 Å². The van der Waals surface area contributed by atoms with Crippen LogP contribution in [0.1, 0.15) is 25.5 Å². The Bertz CT molecular complexity index is 775. The largest absolute Gasteiger partial charge is 0.331 e. The van der Waals surface area contributed by atoms with Gasteiger partial charge in [0.25, 0.3) is 0 Å². The molecule has 0 bridgehead atoms. The number of aryl methyl sites for hydroxylation is 1. The van der Waals surface area contributed by atoms with Crippen molar-refractivity contribution in [2.75, 3.05) is 10.6 Å². The third kappa shape index (κ3) is 4.28. The van der Waals surface area contributed by atoms with Crippen molar-refractivity contribution < 1.29 is 18.4 Å². The van der Waals surface area contributed by atoms with Gasteiger partial charge in [-0.1, -0.05) is 0 Å². The van der Waals surface area contributed by atoms with Gasteiger partial charge in [0.1, 0.15) is 11.6 Å². The molecule has 0 aliphatic heterocycles. The predicted octanol–water partition coefficient (Wildman–Crippen LogP) is 2.54. The fraction of sp³-hybridized carbons (Fsp3) is 0.267. The Morgan fingerprint density at radius 2 is 1.79 bits per heavy atom. The van der Waals surface area contributed by atoms with Crippen molar-refractivity contribution in [3.8, 4) is 0 Å². The van der Waals surface area contributed by atoms with Crippen molar-refractivity contribution >= 4 is 23.3 Å². The van der Waals surface area contributed by atoms with Crippen molar-refractivity contribution in [1.29, 1.82) is 0 Å². The summed E-state index contributed by atoms with van der Waals surface area (Å²) < 4.78 is 28.9. The van der Waals surface area contributed by atoms with Crippen LogP contribution < -0.4 is 16.0 Å². The van der Waals surface area contributed by atoms with Crippen LogP contribution in [0.15, 0.2) is 24.5 Å². The van der Waals surface area contributed by atoms with E-state index in [1.807, 2.05) is 0 Å². The monoisotopic (exact) mass is 337 g/mol. The lowest BCUT2D eigenvalue weighted by Crippen LogP contribution is -2.31.